The second-order valence-electron chi connectivity index (χ2n) is 5.26. The lowest BCUT2D eigenvalue weighted by Gasteiger charge is -2.21. The number of hydrogen-bond donors (Lipinski definition) is 2. The first-order chi connectivity index (χ1) is 7.65. The minimum Gasteiger partial charge on any atom is -0.232 e. The van der Waals surface area contributed by atoms with Crippen LogP contribution in [0.2, 0.25) is 12.1 Å². The molecule has 0 saturated heterocycles. The molecule has 94 valence electrons. The Labute approximate surface area is 115 Å². The summed E-state index contributed by atoms with van der Waals surface area (Å²) < 4.78 is 0. The minimum atomic E-state index is 0.830. The molecular formula is C12H28B2S2. The van der Waals surface area contributed by atoms with Crippen molar-refractivity contribution in [1.29, 1.82) is 0 Å². The van der Waals surface area contributed by atoms with Crippen molar-refractivity contribution in [2.24, 2.45) is 11.8 Å². The summed E-state index contributed by atoms with van der Waals surface area (Å²) in [5.41, 5.74) is 0. The van der Waals surface area contributed by atoms with Crippen LogP contribution in [0.15, 0.2) is 0 Å². The number of hydrogen-bond acceptors (Lipinski definition) is 2. The topological polar surface area (TPSA) is 0 Å². The normalized spacial score (nSPS) is 14.9. The first-order valence-corrected chi connectivity index (χ1v) is 8.13. The molecule has 0 aliphatic rings. The maximum Gasteiger partial charge on any atom is 0.190 e. The summed E-state index contributed by atoms with van der Waals surface area (Å²) in [6.07, 6.45) is 8.06. The summed E-state index contributed by atoms with van der Waals surface area (Å²) in [7, 11) is 0. The molecule has 2 atom stereocenters. The van der Waals surface area contributed by atoms with Crippen LogP contribution in [0.4, 0.5) is 0 Å². The van der Waals surface area contributed by atoms with E-state index >= 15 is 0 Å². The molecule has 0 aromatic heterocycles. The van der Waals surface area contributed by atoms with Gasteiger partial charge < -0.3 is 0 Å². The quantitative estimate of drug-likeness (QED) is 0.429. The van der Waals surface area contributed by atoms with Gasteiger partial charge in [0, 0.05) is 0 Å². The Morgan fingerprint density at radius 3 is 2.19 bits per heavy atom. The Kier molecular flexibility index (Phi) is 11.5. The predicted molar refractivity (Wildman–Crippen MR) is 87.9 cm³/mol. The highest BCUT2D eigenvalue weighted by Crippen LogP contribution is 2.26. The second kappa shape index (κ2) is 11.0. The van der Waals surface area contributed by atoms with Gasteiger partial charge in [0.05, 0.1) is 0 Å². The number of thiol groups is 2. The lowest BCUT2D eigenvalue weighted by Crippen LogP contribution is -2.10. The van der Waals surface area contributed by atoms with Crippen LogP contribution < -0.4 is 0 Å². The molecule has 0 heterocycles. The average Bonchev–Trinajstić information content (AvgIpc) is 2.28. The van der Waals surface area contributed by atoms with Crippen molar-refractivity contribution in [3.63, 3.8) is 0 Å². The molecule has 0 fully saturated rings. The van der Waals surface area contributed by atoms with Gasteiger partial charge in [-0.2, -0.15) is 0 Å². The van der Waals surface area contributed by atoms with Gasteiger partial charge in [0.15, 0.2) is 13.1 Å². The number of rotatable bonds is 10. The average molecular weight is 258 g/mol. The van der Waals surface area contributed by atoms with Crippen LogP contribution in [-0.4, -0.2) is 13.1 Å². The van der Waals surface area contributed by atoms with E-state index in [1.54, 1.807) is 0 Å². The van der Waals surface area contributed by atoms with Crippen molar-refractivity contribution in [3.05, 3.63) is 0 Å². The van der Waals surface area contributed by atoms with E-state index in [0.717, 1.165) is 30.8 Å². The zero-order valence-corrected chi connectivity index (χ0v) is 13.1. The molecule has 4 heteroatoms. The highest BCUT2D eigenvalue weighted by Gasteiger charge is 2.14. The van der Waals surface area contributed by atoms with E-state index in [4.69, 9.17) is 0 Å². The Morgan fingerprint density at radius 2 is 1.75 bits per heavy atom. The maximum atomic E-state index is 4.41. The molecule has 0 aromatic carbocycles. The molecule has 0 aliphatic carbocycles. The van der Waals surface area contributed by atoms with E-state index in [0.29, 0.717) is 0 Å². The molecule has 0 spiro atoms. The Morgan fingerprint density at radius 1 is 1.06 bits per heavy atom. The third kappa shape index (κ3) is 8.00. The van der Waals surface area contributed by atoms with Crippen molar-refractivity contribution in [2.45, 2.75) is 65.0 Å². The maximum absolute atomic E-state index is 4.41. The van der Waals surface area contributed by atoms with E-state index in [-0.39, 0.29) is 0 Å². The van der Waals surface area contributed by atoms with E-state index < -0.39 is 0 Å². The third-order valence-electron chi connectivity index (χ3n) is 3.70. The van der Waals surface area contributed by atoms with Gasteiger partial charge in [-0.1, -0.05) is 65.0 Å². The van der Waals surface area contributed by atoms with Gasteiger partial charge in [0.2, 0.25) is 0 Å². The highest BCUT2D eigenvalue weighted by atomic mass is 32.1. The van der Waals surface area contributed by atoms with Crippen molar-refractivity contribution >= 4 is 38.1 Å². The van der Waals surface area contributed by atoms with Crippen LogP contribution in [0.3, 0.4) is 0 Å². The largest absolute Gasteiger partial charge is 0.232 e. The van der Waals surface area contributed by atoms with Gasteiger partial charge >= 0.3 is 0 Å². The lowest BCUT2D eigenvalue weighted by atomic mass is 9.77. The second-order valence-corrected chi connectivity index (χ2v) is 6.07. The third-order valence-corrected chi connectivity index (χ3v) is 4.53. The summed E-state index contributed by atoms with van der Waals surface area (Å²) in [5, 5.41) is 0. The molecule has 0 amide bonds. The molecule has 0 rings (SSSR count). The summed E-state index contributed by atoms with van der Waals surface area (Å²) >= 11 is 8.71. The highest BCUT2D eigenvalue weighted by molar-refractivity contribution is 8.07. The van der Waals surface area contributed by atoms with Crippen LogP contribution >= 0.6 is 25.0 Å². The zero-order chi connectivity index (χ0) is 12.4. The summed E-state index contributed by atoms with van der Waals surface area (Å²) in [5.74, 6) is 2.57. The molecule has 0 bridgehead atoms. The van der Waals surface area contributed by atoms with Crippen LogP contribution in [0.25, 0.3) is 0 Å². The monoisotopic (exact) mass is 258 g/mol. The van der Waals surface area contributed by atoms with Gasteiger partial charge in [0.1, 0.15) is 0 Å². The van der Waals surface area contributed by atoms with Crippen molar-refractivity contribution in [1.82, 2.24) is 0 Å². The lowest BCUT2D eigenvalue weighted by molar-refractivity contribution is 0.336. The molecular weight excluding hydrogens is 230 g/mol. The fraction of sp³-hybridized carbons (Fsp3) is 1.00. The fourth-order valence-corrected chi connectivity index (χ4v) is 2.88. The van der Waals surface area contributed by atoms with E-state index in [1.165, 1.54) is 38.4 Å². The molecule has 2 unspecified atom stereocenters. The van der Waals surface area contributed by atoms with Crippen LogP contribution in [0, 0.1) is 11.8 Å². The Bertz CT molecular complexity index is 150. The van der Waals surface area contributed by atoms with Gasteiger partial charge in [-0.05, 0) is 11.8 Å². The minimum absolute atomic E-state index is 0.830. The molecule has 0 nitrogen and oxygen atoms in total. The SMILES string of the molecule is CCC(BS)CCCC(CCBS)C(C)C. The van der Waals surface area contributed by atoms with Crippen LogP contribution in [-0.2, 0) is 0 Å². The van der Waals surface area contributed by atoms with Crippen molar-refractivity contribution in [2.75, 3.05) is 0 Å². The molecule has 0 radical (unpaired) electrons. The van der Waals surface area contributed by atoms with Crippen molar-refractivity contribution in [3.8, 4) is 0 Å². The molecule has 0 aromatic rings. The van der Waals surface area contributed by atoms with Crippen LogP contribution in [0.5, 0.6) is 0 Å². The first kappa shape index (κ1) is 16.8. The summed E-state index contributed by atoms with van der Waals surface area (Å²) in [6.45, 7) is 9.09. The predicted octanol–water partition coefficient (Wildman–Crippen LogP) is 4.00. The summed E-state index contributed by atoms with van der Waals surface area (Å²) in [4.78, 5) is 0. The fourth-order valence-electron chi connectivity index (χ4n) is 2.26. The van der Waals surface area contributed by atoms with E-state index in [9.17, 15) is 0 Å². The summed E-state index contributed by atoms with van der Waals surface area (Å²) in [6, 6.07) is 0. The van der Waals surface area contributed by atoms with Gasteiger partial charge in [-0.25, -0.2) is 25.0 Å². The zero-order valence-electron chi connectivity index (χ0n) is 11.3. The van der Waals surface area contributed by atoms with Gasteiger partial charge in [-0.15, -0.1) is 0 Å². The first-order valence-electron chi connectivity index (χ1n) is 6.87. The van der Waals surface area contributed by atoms with Gasteiger partial charge in [-0.3, -0.25) is 0 Å². The van der Waals surface area contributed by atoms with E-state index in [2.05, 4.69) is 45.7 Å². The Hall–Kier alpha value is 0.830. The molecule has 0 aliphatic heterocycles. The standard InChI is InChI=1S/C12H28B2S2/c1-4-12(14-16)7-5-6-11(10(2)3)8-9-13-15/h10-16H,4-9H2,1-3H3. The van der Waals surface area contributed by atoms with E-state index in [1.807, 2.05) is 0 Å². The molecule has 0 N–H and O–H groups in total. The van der Waals surface area contributed by atoms with Gasteiger partial charge in [0.25, 0.3) is 0 Å². The van der Waals surface area contributed by atoms with Crippen LogP contribution in [0.1, 0.15) is 52.9 Å². The Balaban J connectivity index is 3.74. The smallest absolute Gasteiger partial charge is 0.190 e. The molecule has 16 heavy (non-hydrogen) atoms. The van der Waals surface area contributed by atoms with Crippen molar-refractivity contribution < 1.29 is 0 Å². The molecule has 0 saturated carbocycles.